The predicted octanol–water partition coefficient (Wildman–Crippen LogP) is 5.95. The lowest BCUT2D eigenvalue weighted by atomic mass is 9.70. The number of fused-ring (bicyclic) bond motifs is 10. The van der Waals surface area contributed by atoms with Crippen molar-refractivity contribution in [2.75, 3.05) is 0 Å². The Labute approximate surface area is 159 Å². The highest BCUT2D eigenvalue weighted by Gasteiger charge is 2.51. The Balaban J connectivity index is 1.87. The highest BCUT2D eigenvalue weighted by molar-refractivity contribution is 7.34. The minimum Gasteiger partial charge on any atom is -0.269 e. The van der Waals surface area contributed by atoms with Crippen LogP contribution in [0.3, 0.4) is 0 Å². The van der Waals surface area contributed by atoms with Crippen LogP contribution in [0.4, 0.5) is 0 Å². The zero-order valence-corrected chi connectivity index (χ0v) is 15.4. The summed E-state index contributed by atoms with van der Waals surface area (Å²) >= 11 is 0. The van der Waals surface area contributed by atoms with E-state index in [1.165, 1.54) is 44.5 Å². The molecule has 4 aromatic carbocycles. The normalized spacial score (nSPS) is 14.7. The summed E-state index contributed by atoms with van der Waals surface area (Å²) in [5.41, 5.74) is 9.95. The van der Waals surface area contributed by atoms with Gasteiger partial charge in [0.2, 0.25) is 0 Å². The lowest BCUT2D eigenvalue weighted by molar-refractivity contribution is 0.603. The first kappa shape index (κ1) is 15.1. The first-order valence-electron chi connectivity index (χ1n) is 9.13. The van der Waals surface area contributed by atoms with E-state index in [-0.39, 0.29) is 13.9 Å². The SMILES string of the molecule is O=Pc1ccc2c(c1)C1(c3ccccc3-c3ccccc31)c1ccccc1-2. The van der Waals surface area contributed by atoms with Crippen molar-refractivity contribution in [1.29, 1.82) is 0 Å². The average molecular weight is 362 g/mol. The van der Waals surface area contributed by atoms with Crippen LogP contribution in [0, 0.1) is 0 Å². The van der Waals surface area contributed by atoms with Gasteiger partial charge >= 0.3 is 0 Å². The van der Waals surface area contributed by atoms with E-state index in [0.29, 0.717) is 0 Å². The van der Waals surface area contributed by atoms with Gasteiger partial charge in [-0.05, 0) is 56.6 Å². The standard InChI is InChI=1S/C25H15OP/c26-27-16-13-14-20-19-9-3-6-12-23(19)25(24(20)15-16)21-10-4-1-7-17(21)18-8-2-5-11-22(18)25/h1-15H. The first-order chi connectivity index (χ1) is 13.4. The van der Waals surface area contributed by atoms with Crippen LogP contribution in [-0.2, 0) is 9.98 Å². The van der Waals surface area contributed by atoms with Crippen molar-refractivity contribution in [2.24, 2.45) is 0 Å². The molecule has 0 fully saturated rings. The fraction of sp³-hybridized carbons (Fsp3) is 0.0400. The summed E-state index contributed by atoms with van der Waals surface area (Å²) in [5.74, 6) is 0. The molecule has 0 aromatic heterocycles. The van der Waals surface area contributed by atoms with Crippen molar-refractivity contribution in [1.82, 2.24) is 0 Å². The Morgan fingerprint density at radius 3 is 1.44 bits per heavy atom. The Morgan fingerprint density at radius 1 is 0.519 bits per heavy atom. The van der Waals surface area contributed by atoms with Gasteiger partial charge in [-0.15, -0.1) is 0 Å². The van der Waals surface area contributed by atoms with E-state index in [2.05, 4.69) is 84.9 Å². The Kier molecular flexibility index (Phi) is 2.93. The smallest absolute Gasteiger partial charge is 0.192 e. The van der Waals surface area contributed by atoms with Crippen LogP contribution in [0.1, 0.15) is 22.3 Å². The molecular formula is C25H15OP. The summed E-state index contributed by atoms with van der Waals surface area (Å²) in [6, 6.07) is 32.4. The molecule has 0 atom stereocenters. The minimum atomic E-state index is -0.334. The van der Waals surface area contributed by atoms with Gasteiger partial charge in [0.15, 0.2) is 8.46 Å². The topological polar surface area (TPSA) is 17.1 Å². The van der Waals surface area contributed by atoms with Gasteiger partial charge in [-0.1, -0.05) is 78.9 Å². The van der Waals surface area contributed by atoms with Crippen molar-refractivity contribution in [3.05, 3.63) is 113 Å². The summed E-state index contributed by atoms with van der Waals surface area (Å²) in [6.07, 6.45) is 0. The van der Waals surface area contributed by atoms with E-state index >= 15 is 0 Å². The minimum absolute atomic E-state index is 0.0618. The molecule has 0 saturated carbocycles. The van der Waals surface area contributed by atoms with Crippen LogP contribution in [-0.4, -0.2) is 0 Å². The molecule has 2 aliphatic rings. The van der Waals surface area contributed by atoms with Gasteiger partial charge in [0.1, 0.15) is 0 Å². The van der Waals surface area contributed by atoms with E-state index in [1.807, 2.05) is 6.07 Å². The summed E-state index contributed by atoms with van der Waals surface area (Å²) in [5, 5.41) is 0.822. The molecule has 1 spiro atoms. The van der Waals surface area contributed by atoms with Gasteiger partial charge in [0.05, 0.1) is 5.41 Å². The van der Waals surface area contributed by atoms with Crippen LogP contribution in [0.5, 0.6) is 0 Å². The molecular weight excluding hydrogens is 347 g/mol. The van der Waals surface area contributed by atoms with Gasteiger partial charge in [-0.25, -0.2) is 0 Å². The maximum absolute atomic E-state index is 11.7. The van der Waals surface area contributed by atoms with Gasteiger partial charge in [-0.3, -0.25) is 4.57 Å². The van der Waals surface area contributed by atoms with Crippen LogP contribution in [0.25, 0.3) is 22.3 Å². The first-order valence-corrected chi connectivity index (χ1v) is 9.94. The van der Waals surface area contributed by atoms with Crippen molar-refractivity contribution in [3.8, 4) is 22.3 Å². The zero-order valence-electron chi connectivity index (χ0n) is 14.5. The summed E-state index contributed by atoms with van der Waals surface area (Å²) in [4.78, 5) is 0. The van der Waals surface area contributed by atoms with Crippen molar-refractivity contribution in [2.45, 2.75) is 5.41 Å². The lowest BCUT2D eigenvalue weighted by Crippen LogP contribution is -2.26. The molecule has 0 bridgehead atoms. The molecule has 2 heteroatoms. The fourth-order valence-electron chi connectivity index (χ4n) is 5.14. The Morgan fingerprint density at radius 2 is 0.963 bits per heavy atom. The molecule has 0 amide bonds. The average Bonchev–Trinajstić information content (AvgIpc) is 3.21. The second kappa shape index (κ2) is 5.25. The third-order valence-electron chi connectivity index (χ3n) is 6.09. The molecule has 0 unspecified atom stereocenters. The van der Waals surface area contributed by atoms with Crippen LogP contribution in [0.2, 0.25) is 0 Å². The number of rotatable bonds is 1. The maximum atomic E-state index is 11.7. The van der Waals surface area contributed by atoms with Gasteiger partial charge in [0.25, 0.3) is 0 Å². The molecule has 0 aliphatic heterocycles. The van der Waals surface area contributed by atoms with E-state index < -0.39 is 0 Å². The molecule has 6 rings (SSSR count). The monoisotopic (exact) mass is 362 g/mol. The molecule has 0 heterocycles. The van der Waals surface area contributed by atoms with Crippen molar-refractivity contribution >= 4 is 13.8 Å². The van der Waals surface area contributed by atoms with Crippen LogP contribution < -0.4 is 5.30 Å². The third-order valence-corrected chi connectivity index (χ3v) is 6.58. The Hall–Kier alpha value is -3.02. The van der Waals surface area contributed by atoms with Gasteiger partial charge in [-0.2, -0.15) is 0 Å². The number of hydrogen-bond acceptors (Lipinski definition) is 1. The number of hydrogen-bond donors (Lipinski definition) is 0. The van der Waals surface area contributed by atoms with Gasteiger partial charge in [0, 0.05) is 5.30 Å². The van der Waals surface area contributed by atoms with Crippen molar-refractivity contribution < 1.29 is 4.57 Å². The summed E-state index contributed by atoms with van der Waals surface area (Å²) in [7, 11) is 0.0618. The van der Waals surface area contributed by atoms with E-state index in [4.69, 9.17) is 0 Å². The molecule has 0 radical (unpaired) electrons. The molecule has 126 valence electrons. The highest BCUT2D eigenvalue weighted by atomic mass is 31.1. The lowest BCUT2D eigenvalue weighted by Gasteiger charge is -2.30. The molecule has 27 heavy (non-hydrogen) atoms. The highest BCUT2D eigenvalue weighted by Crippen LogP contribution is 2.62. The second-order valence-electron chi connectivity index (χ2n) is 7.21. The van der Waals surface area contributed by atoms with Crippen molar-refractivity contribution in [3.63, 3.8) is 0 Å². The second-order valence-corrected chi connectivity index (χ2v) is 7.91. The van der Waals surface area contributed by atoms with Crippen LogP contribution in [0.15, 0.2) is 91.0 Å². The Bertz CT molecular complexity index is 1190. The fourth-order valence-corrected chi connectivity index (χ4v) is 5.46. The molecule has 4 aromatic rings. The largest absolute Gasteiger partial charge is 0.269 e. The van der Waals surface area contributed by atoms with E-state index in [9.17, 15) is 4.57 Å². The quantitative estimate of drug-likeness (QED) is 0.331. The zero-order chi connectivity index (χ0) is 18.0. The van der Waals surface area contributed by atoms with Gasteiger partial charge < -0.3 is 0 Å². The molecule has 0 saturated heterocycles. The predicted molar refractivity (Wildman–Crippen MR) is 110 cm³/mol. The molecule has 0 N–H and O–H groups in total. The summed E-state index contributed by atoms with van der Waals surface area (Å²) < 4.78 is 11.7. The number of benzene rings is 4. The van der Waals surface area contributed by atoms with E-state index in [0.717, 1.165) is 5.30 Å². The third kappa shape index (κ3) is 1.71. The van der Waals surface area contributed by atoms with Crippen LogP contribution >= 0.6 is 8.46 Å². The maximum Gasteiger partial charge on any atom is 0.192 e. The molecule has 2 aliphatic carbocycles. The van der Waals surface area contributed by atoms with E-state index in [1.54, 1.807) is 0 Å². The molecule has 1 nitrogen and oxygen atoms in total. The summed E-state index contributed by atoms with van der Waals surface area (Å²) in [6.45, 7) is 0.